The van der Waals surface area contributed by atoms with Gasteiger partial charge in [0.05, 0.1) is 12.6 Å². The number of hydrogen-bond donors (Lipinski definition) is 1. The van der Waals surface area contributed by atoms with E-state index in [-0.39, 0.29) is 0 Å². The minimum absolute atomic E-state index is 0.467. The van der Waals surface area contributed by atoms with Crippen LogP contribution in [0.1, 0.15) is 27.9 Å². The molecule has 2 aromatic heterocycles. The molecule has 3 rings (SSSR count). The molecule has 1 N–H and O–H groups in total. The molecule has 3 aromatic rings. The first-order valence-corrected chi connectivity index (χ1v) is 9.40. The van der Waals surface area contributed by atoms with Gasteiger partial charge in [-0.05, 0) is 34.9 Å². The lowest BCUT2D eigenvalue weighted by Gasteiger charge is -2.24. The molecular weight excluding hydrogens is 324 g/mol. The summed E-state index contributed by atoms with van der Waals surface area (Å²) in [5, 5.41) is 17.7. The van der Waals surface area contributed by atoms with Crippen molar-refractivity contribution in [1.82, 2.24) is 9.88 Å². The molecule has 0 radical (unpaired) electrons. The van der Waals surface area contributed by atoms with Gasteiger partial charge in [-0.15, -0.1) is 11.3 Å². The quantitative estimate of drug-likeness (QED) is 0.696. The van der Waals surface area contributed by atoms with Gasteiger partial charge in [-0.25, -0.2) is 4.98 Å². The van der Waals surface area contributed by atoms with E-state index >= 15 is 0 Å². The number of aliphatic hydroxyl groups is 1. The maximum atomic E-state index is 10.5. The SMILES string of the molecule is Cc1csc(CN(Cc2ccccc2)CC(O)c2ccsc2)n1. The van der Waals surface area contributed by atoms with Gasteiger partial charge < -0.3 is 5.11 Å². The van der Waals surface area contributed by atoms with Gasteiger partial charge in [-0.3, -0.25) is 4.90 Å². The molecule has 0 spiro atoms. The average molecular weight is 345 g/mol. The molecule has 0 saturated carbocycles. The van der Waals surface area contributed by atoms with E-state index in [4.69, 9.17) is 0 Å². The molecule has 0 aliphatic carbocycles. The smallest absolute Gasteiger partial charge is 0.107 e. The van der Waals surface area contributed by atoms with Crippen molar-refractivity contribution in [3.8, 4) is 0 Å². The summed E-state index contributed by atoms with van der Waals surface area (Å²) in [6.07, 6.45) is -0.467. The Balaban J connectivity index is 1.72. The van der Waals surface area contributed by atoms with Crippen LogP contribution in [-0.4, -0.2) is 21.5 Å². The second-order valence-corrected chi connectivity index (χ2v) is 7.33. The molecule has 2 heterocycles. The molecule has 23 heavy (non-hydrogen) atoms. The number of aryl methyl sites for hydroxylation is 1. The van der Waals surface area contributed by atoms with Crippen LogP contribution < -0.4 is 0 Å². The van der Waals surface area contributed by atoms with Crippen molar-refractivity contribution in [3.05, 3.63) is 74.4 Å². The molecule has 1 unspecified atom stereocenters. The summed E-state index contributed by atoms with van der Waals surface area (Å²) in [6, 6.07) is 12.4. The van der Waals surface area contributed by atoms with Gasteiger partial charge in [0.2, 0.25) is 0 Å². The van der Waals surface area contributed by atoms with Gasteiger partial charge in [-0.2, -0.15) is 11.3 Å². The molecule has 5 heteroatoms. The zero-order valence-corrected chi connectivity index (χ0v) is 14.7. The maximum Gasteiger partial charge on any atom is 0.107 e. The molecule has 0 bridgehead atoms. The highest BCUT2D eigenvalue weighted by Crippen LogP contribution is 2.21. The number of rotatable bonds is 7. The minimum atomic E-state index is -0.467. The Hall–Kier alpha value is -1.53. The Labute approximate surface area is 144 Å². The lowest BCUT2D eigenvalue weighted by Crippen LogP contribution is -2.28. The molecule has 120 valence electrons. The van der Waals surface area contributed by atoms with Gasteiger partial charge in [0.25, 0.3) is 0 Å². The van der Waals surface area contributed by atoms with Crippen LogP contribution in [0.4, 0.5) is 0 Å². The number of aliphatic hydroxyl groups excluding tert-OH is 1. The first-order valence-electron chi connectivity index (χ1n) is 7.58. The Morgan fingerprint density at radius 2 is 1.96 bits per heavy atom. The number of thiophene rings is 1. The number of hydrogen-bond acceptors (Lipinski definition) is 5. The van der Waals surface area contributed by atoms with Crippen LogP contribution in [0.25, 0.3) is 0 Å². The number of thiazole rings is 1. The standard InChI is InChI=1S/C18H20N2OS2/c1-14-12-23-18(19-14)11-20(9-15-5-3-2-4-6-15)10-17(21)16-7-8-22-13-16/h2-8,12-13,17,21H,9-11H2,1H3. The summed E-state index contributed by atoms with van der Waals surface area (Å²) < 4.78 is 0. The van der Waals surface area contributed by atoms with Gasteiger partial charge in [0.15, 0.2) is 0 Å². The summed E-state index contributed by atoms with van der Waals surface area (Å²) in [6.45, 7) is 4.18. The van der Waals surface area contributed by atoms with Gasteiger partial charge >= 0.3 is 0 Å². The van der Waals surface area contributed by atoms with Crippen LogP contribution >= 0.6 is 22.7 Å². The van der Waals surface area contributed by atoms with Crippen LogP contribution in [0, 0.1) is 6.92 Å². The summed E-state index contributed by atoms with van der Waals surface area (Å²) in [7, 11) is 0. The van der Waals surface area contributed by atoms with Crippen LogP contribution in [0.3, 0.4) is 0 Å². The van der Waals surface area contributed by atoms with Crippen molar-refractivity contribution in [2.75, 3.05) is 6.54 Å². The first-order chi connectivity index (χ1) is 11.2. The summed E-state index contributed by atoms with van der Waals surface area (Å²) in [5.74, 6) is 0. The van der Waals surface area contributed by atoms with E-state index in [9.17, 15) is 5.11 Å². The third-order valence-electron chi connectivity index (χ3n) is 3.63. The predicted octanol–water partition coefficient (Wildman–Crippen LogP) is 4.25. The van der Waals surface area contributed by atoms with E-state index in [0.717, 1.165) is 29.4 Å². The van der Waals surface area contributed by atoms with E-state index in [1.54, 1.807) is 22.7 Å². The van der Waals surface area contributed by atoms with Crippen LogP contribution in [0.2, 0.25) is 0 Å². The zero-order valence-electron chi connectivity index (χ0n) is 13.1. The first kappa shape index (κ1) is 16.3. The molecule has 0 fully saturated rings. The Bertz CT molecular complexity index is 710. The van der Waals surface area contributed by atoms with Crippen molar-refractivity contribution < 1.29 is 5.11 Å². The fraction of sp³-hybridized carbons (Fsp3) is 0.278. The fourth-order valence-electron chi connectivity index (χ4n) is 2.51. The summed E-state index contributed by atoms with van der Waals surface area (Å²) in [4.78, 5) is 6.82. The number of nitrogens with zero attached hydrogens (tertiary/aromatic N) is 2. The molecular formula is C18H20N2OS2. The Kier molecular flexibility index (Phi) is 5.56. The van der Waals surface area contributed by atoms with Crippen LogP contribution in [-0.2, 0) is 13.1 Å². The van der Waals surface area contributed by atoms with Crippen molar-refractivity contribution in [2.45, 2.75) is 26.1 Å². The van der Waals surface area contributed by atoms with E-state index in [1.807, 2.05) is 29.8 Å². The van der Waals surface area contributed by atoms with Gasteiger partial charge in [-0.1, -0.05) is 30.3 Å². The number of aromatic nitrogens is 1. The second kappa shape index (κ2) is 7.84. The van der Waals surface area contributed by atoms with E-state index in [1.165, 1.54) is 5.56 Å². The van der Waals surface area contributed by atoms with Gasteiger partial charge in [0.1, 0.15) is 5.01 Å². The van der Waals surface area contributed by atoms with E-state index < -0.39 is 6.10 Å². The predicted molar refractivity (Wildman–Crippen MR) is 96.7 cm³/mol. The Morgan fingerprint density at radius 3 is 2.61 bits per heavy atom. The average Bonchev–Trinajstić information content (AvgIpc) is 3.20. The lowest BCUT2D eigenvalue weighted by atomic mass is 10.1. The molecule has 0 aliphatic rings. The highest BCUT2D eigenvalue weighted by atomic mass is 32.1. The maximum absolute atomic E-state index is 10.5. The van der Waals surface area contributed by atoms with Gasteiger partial charge in [0, 0.05) is 24.2 Å². The third kappa shape index (κ3) is 4.72. The normalized spacial score (nSPS) is 12.7. The molecule has 0 aliphatic heterocycles. The van der Waals surface area contributed by atoms with Crippen molar-refractivity contribution in [3.63, 3.8) is 0 Å². The zero-order chi connectivity index (χ0) is 16.1. The lowest BCUT2D eigenvalue weighted by molar-refractivity contribution is 0.105. The van der Waals surface area contributed by atoms with E-state index in [2.05, 4.69) is 39.5 Å². The van der Waals surface area contributed by atoms with E-state index in [0.29, 0.717) is 6.54 Å². The van der Waals surface area contributed by atoms with Crippen molar-refractivity contribution >= 4 is 22.7 Å². The fourth-order valence-corrected chi connectivity index (χ4v) is 4.03. The van der Waals surface area contributed by atoms with Crippen LogP contribution in [0.5, 0.6) is 0 Å². The molecule has 0 saturated heterocycles. The third-order valence-corrected chi connectivity index (χ3v) is 5.29. The highest BCUT2D eigenvalue weighted by Gasteiger charge is 2.16. The number of benzene rings is 1. The summed E-state index contributed by atoms with van der Waals surface area (Å²) in [5.41, 5.74) is 3.30. The monoisotopic (exact) mass is 344 g/mol. The largest absolute Gasteiger partial charge is 0.387 e. The molecule has 0 amide bonds. The summed E-state index contributed by atoms with van der Waals surface area (Å²) >= 11 is 3.30. The Morgan fingerprint density at radius 1 is 1.13 bits per heavy atom. The van der Waals surface area contributed by atoms with Crippen molar-refractivity contribution in [1.29, 1.82) is 0 Å². The molecule has 3 nitrogen and oxygen atoms in total. The van der Waals surface area contributed by atoms with Crippen molar-refractivity contribution in [2.24, 2.45) is 0 Å². The molecule has 1 atom stereocenters. The highest BCUT2D eigenvalue weighted by molar-refractivity contribution is 7.09. The second-order valence-electron chi connectivity index (χ2n) is 5.61. The molecule has 1 aromatic carbocycles. The minimum Gasteiger partial charge on any atom is -0.387 e. The topological polar surface area (TPSA) is 36.4 Å². The van der Waals surface area contributed by atoms with Crippen LogP contribution in [0.15, 0.2) is 52.5 Å².